The molecule has 5 heteroatoms. The first-order chi connectivity index (χ1) is 11.1. The molecule has 0 amide bonds. The van der Waals surface area contributed by atoms with E-state index in [4.69, 9.17) is 4.98 Å². The Kier molecular flexibility index (Phi) is 3.60. The van der Waals surface area contributed by atoms with Crippen LogP contribution < -0.4 is 10.5 Å². The fraction of sp³-hybridized carbons (Fsp3) is 0.556. The van der Waals surface area contributed by atoms with Crippen molar-refractivity contribution in [3.8, 4) is 0 Å². The second kappa shape index (κ2) is 5.64. The van der Waals surface area contributed by atoms with E-state index in [0.29, 0.717) is 11.6 Å². The maximum Gasteiger partial charge on any atom is 0.259 e. The van der Waals surface area contributed by atoms with Crippen molar-refractivity contribution in [2.24, 2.45) is 0 Å². The Bertz CT molecular complexity index is 787. The highest BCUT2D eigenvalue weighted by atomic mass is 16.3. The van der Waals surface area contributed by atoms with Crippen LogP contribution in [0.5, 0.6) is 0 Å². The van der Waals surface area contributed by atoms with Crippen LogP contribution in [0.15, 0.2) is 23.1 Å². The van der Waals surface area contributed by atoms with Crippen LogP contribution in [0.1, 0.15) is 62.2 Å². The number of anilines is 1. The van der Waals surface area contributed by atoms with E-state index in [-0.39, 0.29) is 5.56 Å². The summed E-state index contributed by atoms with van der Waals surface area (Å²) in [5.41, 5.74) is 2.44. The minimum absolute atomic E-state index is 0.0556. The molecule has 1 aliphatic carbocycles. The molecule has 1 N–H and O–H groups in total. The zero-order valence-electron chi connectivity index (χ0n) is 13.5. The largest absolute Gasteiger partial charge is 0.389 e. The zero-order valence-corrected chi connectivity index (χ0v) is 13.5. The molecular weight excluding hydrogens is 290 g/mol. The van der Waals surface area contributed by atoms with Crippen molar-refractivity contribution < 1.29 is 5.11 Å². The molecule has 23 heavy (non-hydrogen) atoms. The third-order valence-corrected chi connectivity index (χ3v) is 4.98. The number of fused-ring (bicyclic) bond motifs is 1. The van der Waals surface area contributed by atoms with Crippen LogP contribution in [0.3, 0.4) is 0 Å². The molecule has 2 fully saturated rings. The van der Waals surface area contributed by atoms with Gasteiger partial charge in [0.1, 0.15) is 11.5 Å². The molecule has 3 heterocycles. The highest BCUT2D eigenvalue weighted by Gasteiger charge is 2.26. The van der Waals surface area contributed by atoms with E-state index in [1.54, 1.807) is 17.4 Å². The summed E-state index contributed by atoms with van der Waals surface area (Å²) in [6, 6.07) is 3.67. The molecule has 5 nitrogen and oxygen atoms in total. The molecule has 4 rings (SSSR count). The molecule has 1 atom stereocenters. The number of pyridine rings is 1. The van der Waals surface area contributed by atoms with Crippen LogP contribution in [0.25, 0.3) is 5.65 Å². The molecule has 0 spiro atoms. The van der Waals surface area contributed by atoms with Gasteiger partial charge in [-0.25, -0.2) is 4.98 Å². The number of hydrogen-bond donors (Lipinski definition) is 1. The molecule has 1 saturated carbocycles. The molecular formula is C18H23N3O2. The molecule has 0 aromatic carbocycles. The Labute approximate surface area is 135 Å². The quantitative estimate of drug-likeness (QED) is 0.946. The van der Waals surface area contributed by atoms with Gasteiger partial charge in [-0.15, -0.1) is 0 Å². The zero-order chi connectivity index (χ0) is 16.0. The van der Waals surface area contributed by atoms with Gasteiger partial charge < -0.3 is 10.0 Å². The van der Waals surface area contributed by atoms with Crippen LogP contribution in [0, 0.1) is 0 Å². The summed E-state index contributed by atoms with van der Waals surface area (Å²) in [7, 11) is 0. The molecule has 1 saturated heterocycles. The number of aromatic nitrogens is 2. The van der Waals surface area contributed by atoms with E-state index in [0.717, 1.165) is 42.9 Å². The molecule has 2 aromatic rings. The predicted octanol–water partition coefficient (Wildman–Crippen LogP) is 2.62. The van der Waals surface area contributed by atoms with Gasteiger partial charge in [-0.2, -0.15) is 0 Å². The van der Waals surface area contributed by atoms with Crippen molar-refractivity contribution in [3.05, 3.63) is 39.8 Å². The lowest BCUT2D eigenvalue weighted by Crippen LogP contribution is -2.32. The van der Waals surface area contributed by atoms with Gasteiger partial charge in [-0.1, -0.05) is 0 Å². The lowest BCUT2D eigenvalue weighted by Gasteiger charge is -2.28. The molecule has 0 radical (unpaired) electrons. The third kappa shape index (κ3) is 2.74. The van der Waals surface area contributed by atoms with Crippen molar-refractivity contribution in [3.63, 3.8) is 0 Å². The minimum atomic E-state index is -0.632. The maximum absolute atomic E-state index is 12.6. The highest BCUT2D eigenvalue weighted by molar-refractivity contribution is 5.56. The summed E-state index contributed by atoms with van der Waals surface area (Å²) in [5, 5.41) is 10.2. The molecule has 2 aromatic heterocycles. The number of aliphatic hydroxyl groups excluding tert-OH is 1. The van der Waals surface area contributed by atoms with Gasteiger partial charge in [0.05, 0.1) is 6.10 Å². The molecule has 1 unspecified atom stereocenters. The van der Waals surface area contributed by atoms with E-state index in [1.807, 2.05) is 12.3 Å². The Morgan fingerprint density at radius 3 is 2.61 bits per heavy atom. The van der Waals surface area contributed by atoms with Crippen molar-refractivity contribution >= 4 is 11.5 Å². The van der Waals surface area contributed by atoms with Crippen LogP contribution >= 0.6 is 0 Å². The van der Waals surface area contributed by atoms with Gasteiger partial charge in [-0.3, -0.25) is 9.20 Å². The first-order valence-electron chi connectivity index (χ1n) is 8.64. The van der Waals surface area contributed by atoms with Crippen LogP contribution in [0.4, 0.5) is 5.82 Å². The number of rotatable bonds is 3. The molecule has 0 bridgehead atoms. The summed E-state index contributed by atoms with van der Waals surface area (Å²) >= 11 is 0. The Morgan fingerprint density at radius 1 is 1.22 bits per heavy atom. The topological polar surface area (TPSA) is 57.8 Å². The molecule has 1 aliphatic heterocycles. The molecule has 2 aliphatic rings. The van der Waals surface area contributed by atoms with Gasteiger partial charge >= 0.3 is 0 Å². The normalized spacial score (nSPS) is 20.0. The fourth-order valence-corrected chi connectivity index (χ4v) is 3.47. The monoisotopic (exact) mass is 313 g/mol. The summed E-state index contributed by atoms with van der Waals surface area (Å²) in [4.78, 5) is 19.5. The van der Waals surface area contributed by atoms with E-state index < -0.39 is 6.10 Å². The van der Waals surface area contributed by atoms with Gasteiger partial charge in [0.25, 0.3) is 5.56 Å². The van der Waals surface area contributed by atoms with Gasteiger partial charge in [0.15, 0.2) is 0 Å². The summed E-state index contributed by atoms with van der Waals surface area (Å²) in [6.45, 7) is 3.64. The van der Waals surface area contributed by atoms with Gasteiger partial charge in [0.2, 0.25) is 0 Å². The second-order valence-electron chi connectivity index (χ2n) is 6.87. The lowest BCUT2D eigenvalue weighted by atomic mass is 10.1. The van der Waals surface area contributed by atoms with Crippen LogP contribution in [-0.4, -0.2) is 27.6 Å². The van der Waals surface area contributed by atoms with Crippen LogP contribution in [-0.2, 0) is 0 Å². The minimum Gasteiger partial charge on any atom is -0.389 e. The van der Waals surface area contributed by atoms with Gasteiger partial charge in [0, 0.05) is 30.9 Å². The first-order valence-corrected chi connectivity index (χ1v) is 8.64. The average molecular weight is 313 g/mol. The van der Waals surface area contributed by atoms with Crippen molar-refractivity contribution in [1.82, 2.24) is 9.38 Å². The van der Waals surface area contributed by atoms with E-state index in [9.17, 15) is 9.90 Å². The van der Waals surface area contributed by atoms with E-state index >= 15 is 0 Å². The van der Waals surface area contributed by atoms with E-state index in [1.165, 1.54) is 19.3 Å². The number of piperidine rings is 1. The number of nitrogens with zero attached hydrogens (tertiary/aromatic N) is 3. The summed E-state index contributed by atoms with van der Waals surface area (Å²) < 4.78 is 1.61. The van der Waals surface area contributed by atoms with Gasteiger partial charge in [-0.05, 0) is 56.6 Å². The van der Waals surface area contributed by atoms with E-state index in [2.05, 4.69) is 4.90 Å². The Morgan fingerprint density at radius 2 is 1.96 bits per heavy atom. The number of hydrogen-bond acceptors (Lipinski definition) is 4. The van der Waals surface area contributed by atoms with Crippen molar-refractivity contribution in [1.29, 1.82) is 0 Å². The smallest absolute Gasteiger partial charge is 0.259 e. The Balaban J connectivity index is 1.88. The maximum atomic E-state index is 12.6. The van der Waals surface area contributed by atoms with Crippen LogP contribution in [0.2, 0.25) is 0 Å². The van der Waals surface area contributed by atoms with Crippen molar-refractivity contribution in [2.75, 3.05) is 18.0 Å². The summed E-state index contributed by atoms with van der Waals surface area (Å²) in [6.07, 6.45) is 7.14. The third-order valence-electron chi connectivity index (χ3n) is 4.98. The first kappa shape index (κ1) is 14.7. The number of aliphatic hydroxyl groups is 1. The standard InChI is InChI=1S/C18H23N3O2/c1-12(22)15-9-14(13-5-6-13)11-21-17(23)10-16(19-18(15)21)20-7-3-2-4-8-20/h9-13,22H,2-8H2,1H3. The van der Waals surface area contributed by atoms with Crippen molar-refractivity contribution in [2.45, 2.75) is 51.0 Å². The SMILES string of the molecule is CC(O)c1cc(C2CC2)cn2c(=O)cc(N3CCCCC3)nc12. The fourth-order valence-electron chi connectivity index (χ4n) is 3.47. The highest BCUT2D eigenvalue weighted by Crippen LogP contribution is 2.41. The average Bonchev–Trinajstić information content (AvgIpc) is 3.39. The summed E-state index contributed by atoms with van der Waals surface area (Å²) in [5.74, 6) is 1.28. The Hall–Kier alpha value is -1.88. The molecule has 122 valence electrons. The lowest BCUT2D eigenvalue weighted by molar-refractivity contribution is 0.200. The second-order valence-corrected chi connectivity index (χ2v) is 6.87. The predicted molar refractivity (Wildman–Crippen MR) is 90.1 cm³/mol.